The zero-order valence-corrected chi connectivity index (χ0v) is 22.6. The second-order valence-electron chi connectivity index (χ2n) is 11.0. The topological polar surface area (TPSA) is 83.3 Å². The number of alkyl halides is 3. The van der Waals surface area contributed by atoms with Gasteiger partial charge in [-0.1, -0.05) is 26.0 Å². The van der Waals surface area contributed by atoms with E-state index in [1.54, 1.807) is 35.4 Å². The minimum atomic E-state index is -4.73. The number of rotatable bonds is 5. The molecular formula is C29H36F3N5O2. The van der Waals surface area contributed by atoms with Gasteiger partial charge in [-0.25, -0.2) is 0 Å². The number of benzene rings is 2. The summed E-state index contributed by atoms with van der Waals surface area (Å²) in [5, 5.41) is 20.0. The summed E-state index contributed by atoms with van der Waals surface area (Å²) in [6.45, 7) is 6.29. The Labute approximate surface area is 227 Å². The van der Waals surface area contributed by atoms with Crippen LogP contribution in [0.15, 0.2) is 49.1 Å². The van der Waals surface area contributed by atoms with Crippen molar-refractivity contribution in [3.8, 4) is 5.75 Å². The SMILES string of the molecule is CC1CC(c2cccc(C(=O)Nc3cc(CN4CCCC(C)C4)cc(C(F)(F)F)c3O)c2)C1.Cn1cnnc1. The van der Waals surface area contributed by atoms with Crippen LogP contribution in [0.3, 0.4) is 0 Å². The number of carbonyl (C=O) groups is 1. The molecule has 2 aromatic carbocycles. The molecule has 210 valence electrons. The lowest BCUT2D eigenvalue weighted by atomic mass is 9.72. The Morgan fingerprint density at radius 3 is 2.41 bits per heavy atom. The number of phenolic OH excluding ortho intramolecular Hbond substituents is 1. The number of halogens is 3. The fraction of sp³-hybridized carbons (Fsp3) is 0.483. The number of amides is 1. The molecule has 5 rings (SSSR count). The molecule has 1 saturated carbocycles. The van der Waals surface area contributed by atoms with Crippen LogP contribution in [0.25, 0.3) is 0 Å². The van der Waals surface area contributed by atoms with E-state index < -0.39 is 23.4 Å². The summed E-state index contributed by atoms with van der Waals surface area (Å²) in [7, 11) is 1.88. The van der Waals surface area contributed by atoms with Gasteiger partial charge in [0.1, 0.15) is 12.7 Å². The molecule has 0 bridgehead atoms. The molecule has 10 heteroatoms. The lowest BCUT2D eigenvalue weighted by molar-refractivity contribution is -0.138. The monoisotopic (exact) mass is 543 g/mol. The summed E-state index contributed by atoms with van der Waals surface area (Å²) in [5.74, 6) is 0.0825. The highest BCUT2D eigenvalue weighted by molar-refractivity contribution is 6.05. The Balaban J connectivity index is 0.000000519. The molecule has 1 amide bonds. The molecule has 1 saturated heterocycles. The molecule has 2 fully saturated rings. The third kappa shape index (κ3) is 7.59. The number of aromatic hydroxyl groups is 1. The number of phenols is 1. The van der Waals surface area contributed by atoms with Gasteiger partial charge in [-0.3, -0.25) is 9.69 Å². The first kappa shape index (κ1) is 28.6. The van der Waals surface area contributed by atoms with E-state index in [1.165, 1.54) is 6.07 Å². The number of hydrogen-bond acceptors (Lipinski definition) is 5. The summed E-state index contributed by atoms with van der Waals surface area (Å²) in [4.78, 5) is 15.0. The molecule has 39 heavy (non-hydrogen) atoms. The van der Waals surface area contributed by atoms with E-state index in [4.69, 9.17) is 0 Å². The van der Waals surface area contributed by atoms with Gasteiger partial charge in [0.2, 0.25) is 0 Å². The van der Waals surface area contributed by atoms with E-state index in [1.807, 2.05) is 13.1 Å². The molecule has 1 aliphatic heterocycles. The van der Waals surface area contributed by atoms with Crippen molar-refractivity contribution < 1.29 is 23.1 Å². The molecule has 0 radical (unpaired) electrons. The summed E-state index contributed by atoms with van der Waals surface area (Å²) >= 11 is 0. The molecule has 2 aliphatic rings. The van der Waals surface area contributed by atoms with Crippen molar-refractivity contribution in [1.29, 1.82) is 0 Å². The van der Waals surface area contributed by atoms with Crippen molar-refractivity contribution in [3.05, 3.63) is 71.3 Å². The molecule has 0 spiro atoms. The minimum Gasteiger partial charge on any atom is -0.505 e. The molecule has 1 unspecified atom stereocenters. The predicted molar refractivity (Wildman–Crippen MR) is 143 cm³/mol. The largest absolute Gasteiger partial charge is 0.505 e. The Bertz CT molecular complexity index is 1260. The van der Waals surface area contributed by atoms with Crippen LogP contribution in [0.5, 0.6) is 5.75 Å². The summed E-state index contributed by atoms with van der Waals surface area (Å²) < 4.78 is 42.7. The first-order valence-electron chi connectivity index (χ1n) is 13.3. The van der Waals surface area contributed by atoms with Crippen LogP contribution in [0.2, 0.25) is 0 Å². The maximum Gasteiger partial charge on any atom is 0.420 e. The number of aryl methyl sites for hydroxylation is 1. The average Bonchev–Trinajstić information content (AvgIpc) is 3.34. The predicted octanol–water partition coefficient (Wildman–Crippen LogP) is 6.22. The first-order chi connectivity index (χ1) is 18.5. The molecule has 2 N–H and O–H groups in total. The number of nitrogens with one attached hydrogen (secondary N) is 1. The summed E-state index contributed by atoms with van der Waals surface area (Å²) in [6, 6.07) is 9.66. The highest BCUT2D eigenvalue weighted by atomic mass is 19.4. The number of hydrogen-bond donors (Lipinski definition) is 2. The van der Waals surface area contributed by atoms with Crippen molar-refractivity contribution in [2.24, 2.45) is 18.9 Å². The molecular weight excluding hydrogens is 507 g/mol. The molecule has 1 aromatic heterocycles. The Morgan fingerprint density at radius 2 is 1.82 bits per heavy atom. The number of carbonyl (C=O) groups excluding carboxylic acids is 1. The fourth-order valence-corrected chi connectivity index (χ4v) is 5.34. The molecule has 3 aromatic rings. The van der Waals surface area contributed by atoms with Crippen molar-refractivity contribution in [2.45, 2.75) is 58.2 Å². The first-order valence-corrected chi connectivity index (χ1v) is 13.3. The van der Waals surface area contributed by atoms with Gasteiger partial charge in [0.05, 0.1) is 11.3 Å². The number of piperidine rings is 1. The lowest BCUT2D eigenvalue weighted by Crippen LogP contribution is -2.33. The van der Waals surface area contributed by atoms with Crippen LogP contribution in [-0.2, 0) is 19.8 Å². The average molecular weight is 544 g/mol. The number of nitrogens with zero attached hydrogens (tertiary/aromatic N) is 4. The van der Waals surface area contributed by atoms with E-state index in [9.17, 15) is 23.1 Å². The van der Waals surface area contributed by atoms with Crippen molar-refractivity contribution in [1.82, 2.24) is 19.7 Å². The van der Waals surface area contributed by atoms with Gasteiger partial charge < -0.3 is 15.0 Å². The number of likely N-dealkylation sites (tertiary alicyclic amines) is 1. The van der Waals surface area contributed by atoms with Gasteiger partial charge >= 0.3 is 6.18 Å². The smallest absolute Gasteiger partial charge is 0.420 e. The van der Waals surface area contributed by atoms with E-state index in [0.717, 1.165) is 50.4 Å². The van der Waals surface area contributed by atoms with E-state index in [0.29, 0.717) is 35.4 Å². The van der Waals surface area contributed by atoms with Crippen LogP contribution in [0, 0.1) is 11.8 Å². The van der Waals surface area contributed by atoms with Gasteiger partial charge in [-0.2, -0.15) is 13.2 Å². The van der Waals surface area contributed by atoms with Crippen LogP contribution >= 0.6 is 0 Å². The normalized spacial score (nSPS) is 21.4. The Kier molecular flexibility index (Phi) is 8.94. The maximum atomic E-state index is 13.6. The highest BCUT2D eigenvalue weighted by Gasteiger charge is 2.36. The lowest BCUT2D eigenvalue weighted by Gasteiger charge is -2.33. The standard InChI is InChI=1S/C26H31F3N2O2.C3H5N3/c1-16-5-4-8-31(14-16)15-18-11-22(26(27,28)29)24(32)23(12-18)30-25(33)20-7-3-6-19(13-20)21-9-17(2)10-21;1-6-2-4-5-3-6/h3,6-7,11-13,16-17,21,32H,4-5,8-10,14-15H2,1-2H3,(H,30,33);2-3H,1H3. The van der Waals surface area contributed by atoms with Gasteiger partial charge in [0.15, 0.2) is 5.75 Å². The van der Waals surface area contributed by atoms with Crippen molar-refractivity contribution >= 4 is 11.6 Å². The number of anilines is 1. The van der Waals surface area contributed by atoms with Crippen LogP contribution in [-0.4, -0.2) is 43.8 Å². The van der Waals surface area contributed by atoms with Crippen LogP contribution in [0.4, 0.5) is 18.9 Å². The Morgan fingerprint density at radius 1 is 1.10 bits per heavy atom. The molecule has 7 nitrogen and oxygen atoms in total. The second kappa shape index (κ2) is 12.2. The van der Waals surface area contributed by atoms with Crippen molar-refractivity contribution in [3.63, 3.8) is 0 Å². The number of aromatic nitrogens is 3. The van der Waals surface area contributed by atoms with Gasteiger partial charge in [0, 0.05) is 25.7 Å². The zero-order chi connectivity index (χ0) is 28.2. The van der Waals surface area contributed by atoms with E-state index in [2.05, 4.69) is 34.3 Å². The Hall–Kier alpha value is -3.40. The molecule has 1 atom stereocenters. The maximum absolute atomic E-state index is 13.6. The minimum absolute atomic E-state index is 0.211. The third-order valence-corrected chi connectivity index (χ3v) is 7.40. The summed E-state index contributed by atoms with van der Waals surface area (Å²) in [5.41, 5.74) is 0.515. The van der Waals surface area contributed by atoms with Crippen LogP contribution < -0.4 is 5.32 Å². The van der Waals surface area contributed by atoms with Crippen LogP contribution in [0.1, 0.15) is 72.5 Å². The summed E-state index contributed by atoms with van der Waals surface area (Å²) in [6.07, 6.45) is 2.80. The van der Waals surface area contributed by atoms with Crippen molar-refractivity contribution in [2.75, 3.05) is 18.4 Å². The van der Waals surface area contributed by atoms with E-state index in [-0.39, 0.29) is 5.69 Å². The van der Waals surface area contributed by atoms with E-state index >= 15 is 0 Å². The quantitative estimate of drug-likeness (QED) is 0.373. The molecule has 2 heterocycles. The van der Waals surface area contributed by atoms with Gasteiger partial charge in [0.25, 0.3) is 5.91 Å². The van der Waals surface area contributed by atoms with Gasteiger partial charge in [-0.05, 0) is 85.4 Å². The zero-order valence-electron chi connectivity index (χ0n) is 22.6. The second-order valence-corrected chi connectivity index (χ2v) is 11.0. The molecule has 1 aliphatic carbocycles. The van der Waals surface area contributed by atoms with Gasteiger partial charge in [-0.15, -0.1) is 10.2 Å². The third-order valence-electron chi connectivity index (χ3n) is 7.40. The fourth-order valence-electron chi connectivity index (χ4n) is 5.34. The highest BCUT2D eigenvalue weighted by Crippen LogP contribution is 2.42.